The van der Waals surface area contributed by atoms with Crippen LogP contribution in [0.1, 0.15) is 33.9 Å². The summed E-state index contributed by atoms with van der Waals surface area (Å²) in [4.78, 5) is 0. The molecule has 0 amide bonds. The van der Waals surface area contributed by atoms with Gasteiger partial charge in [0.15, 0.2) is 5.82 Å². The highest BCUT2D eigenvalue weighted by Crippen LogP contribution is 2.38. The average Bonchev–Trinajstić information content (AvgIpc) is 2.49. The number of H-pyrrole nitrogens is 1. The number of aromatic nitrogens is 1. The van der Waals surface area contributed by atoms with Crippen LogP contribution >= 0.6 is 11.5 Å². The zero-order valence-corrected chi connectivity index (χ0v) is 14.2. The monoisotopic (exact) mass is 329 g/mol. The predicted molar refractivity (Wildman–Crippen MR) is 94.6 cm³/mol. The van der Waals surface area contributed by atoms with Crippen molar-refractivity contribution in [2.75, 3.05) is 12.5 Å². The summed E-state index contributed by atoms with van der Waals surface area (Å²) in [5.41, 5.74) is 11.3. The number of rotatable bonds is 5. The Labute approximate surface area is 139 Å². The number of benzene rings is 2. The predicted octanol–water partition coefficient (Wildman–Crippen LogP) is 4.56. The highest BCUT2D eigenvalue weighted by atomic mass is 32.1. The molecule has 1 atom stereocenters. The molecule has 3 aromatic rings. The third-order valence-electron chi connectivity index (χ3n) is 4.23. The van der Waals surface area contributed by atoms with E-state index in [9.17, 15) is 4.39 Å². The highest BCUT2D eigenvalue weighted by molar-refractivity contribution is 7.04. The van der Waals surface area contributed by atoms with Gasteiger partial charge in [0.1, 0.15) is 0 Å². The molecule has 1 aromatic heterocycles. The van der Waals surface area contributed by atoms with E-state index in [1.807, 2.05) is 23.6 Å². The largest absolute Gasteiger partial charge is 0.319 e. The summed E-state index contributed by atoms with van der Waals surface area (Å²) in [6.45, 7) is 4.18. The molecule has 0 radical (unpaired) electrons. The van der Waals surface area contributed by atoms with Gasteiger partial charge in [-0.3, -0.25) is 0 Å². The van der Waals surface area contributed by atoms with Crippen molar-refractivity contribution in [1.29, 1.82) is 0 Å². The van der Waals surface area contributed by atoms with E-state index in [4.69, 9.17) is 0 Å². The first-order valence-corrected chi connectivity index (χ1v) is 8.40. The van der Waals surface area contributed by atoms with Crippen LogP contribution in [0.15, 0.2) is 41.8 Å². The van der Waals surface area contributed by atoms with Crippen LogP contribution < -0.4 is 10.9 Å². The lowest BCUT2D eigenvalue weighted by Gasteiger charge is -2.23. The Morgan fingerprint density at radius 2 is 1.78 bits per heavy atom. The molecule has 0 saturated heterocycles. The number of hydrazine groups is 1. The highest BCUT2D eigenvalue weighted by Gasteiger charge is 2.25. The Balaban J connectivity index is 2.16. The van der Waals surface area contributed by atoms with Crippen molar-refractivity contribution in [3.05, 3.63) is 75.5 Å². The van der Waals surface area contributed by atoms with Crippen molar-refractivity contribution in [3.63, 3.8) is 0 Å². The summed E-state index contributed by atoms with van der Waals surface area (Å²) in [6.07, 6.45) is 0. The molecule has 0 spiro atoms. The third-order valence-corrected chi connectivity index (χ3v) is 4.96. The standard InChI is InChI=1S/C18H20FN3S/c1-11-6-4-7-13(12(11)2)17(16-10-23-22-16)14-8-5-9-15(18(14)19)21-20-3/h4-10,17,20-22H,1-3H3. The van der Waals surface area contributed by atoms with Gasteiger partial charge in [-0.15, -0.1) is 0 Å². The van der Waals surface area contributed by atoms with Crippen molar-refractivity contribution in [2.45, 2.75) is 19.8 Å². The van der Waals surface area contributed by atoms with Crippen LogP contribution in [0.2, 0.25) is 0 Å². The van der Waals surface area contributed by atoms with Gasteiger partial charge in [0, 0.05) is 23.7 Å². The van der Waals surface area contributed by atoms with Gasteiger partial charge in [-0.1, -0.05) is 41.9 Å². The summed E-state index contributed by atoms with van der Waals surface area (Å²) in [7, 11) is 1.72. The smallest absolute Gasteiger partial charge is 0.151 e. The number of aromatic amines is 1. The fraction of sp³-hybridized carbons (Fsp3) is 0.222. The molecule has 120 valence electrons. The molecule has 0 fully saturated rings. The molecule has 5 heteroatoms. The molecule has 1 unspecified atom stereocenters. The number of nitrogens with one attached hydrogen (secondary N) is 3. The summed E-state index contributed by atoms with van der Waals surface area (Å²) in [6, 6.07) is 11.7. The first-order valence-electron chi connectivity index (χ1n) is 7.52. The Bertz CT molecular complexity index is 797. The van der Waals surface area contributed by atoms with Crippen LogP contribution in [0.5, 0.6) is 0 Å². The van der Waals surface area contributed by atoms with Gasteiger partial charge >= 0.3 is 0 Å². The zero-order valence-electron chi connectivity index (χ0n) is 13.4. The lowest BCUT2D eigenvalue weighted by atomic mass is 9.84. The van der Waals surface area contributed by atoms with Crippen molar-refractivity contribution in [3.8, 4) is 0 Å². The topological polar surface area (TPSA) is 39.8 Å². The van der Waals surface area contributed by atoms with Crippen molar-refractivity contribution < 1.29 is 4.39 Å². The van der Waals surface area contributed by atoms with E-state index in [2.05, 4.69) is 41.2 Å². The van der Waals surface area contributed by atoms with Crippen LogP contribution in [0, 0.1) is 19.7 Å². The maximum absolute atomic E-state index is 15.0. The number of hydrogen-bond acceptors (Lipinski definition) is 3. The number of aryl methyl sites for hydroxylation is 1. The van der Waals surface area contributed by atoms with E-state index in [0.29, 0.717) is 11.3 Å². The second kappa shape index (κ2) is 6.56. The molecule has 3 nitrogen and oxygen atoms in total. The van der Waals surface area contributed by atoms with Crippen LogP contribution in [-0.2, 0) is 0 Å². The van der Waals surface area contributed by atoms with Crippen LogP contribution in [0.25, 0.3) is 0 Å². The van der Waals surface area contributed by atoms with Crippen molar-refractivity contribution >= 4 is 17.2 Å². The SMILES string of the molecule is CNNc1cccc(C(c2cs[nH]2)c2cccc(C)c2C)c1F. The number of halogens is 1. The minimum absolute atomic E-state index is 0.130. The van der Waals surface area contributed by atoms with E-state index in [1.54, 1.807) is 13.1 Å². The summed E-state index contributed by atoms with van der Waals surface area (Å²) < 4.78 is 18.2. The molecular formula is C18H20FN3S. The molecule has 23 heavy (non-hydrogen) atoms. The van der Waals surface area contributed by atoms with E-state index >= 15 is 0 Å². The van der Waals surface area contributed by atoms with Gasteiger partial charge in [0.05, 0.1) is 11.6 Å². The van der Waals surface area contributed by atoms with Crippen LogP contribution in [-0.4, -0.2) is 11.4 Å². The van der Waals surface area contributed by atoms with Gasteiger partial charge in [0.2, 0.25) is 0 Å². The summed E-state index contributed by atoms with van der Waals surface area (Å²) >= 11 is 1.53. The normalized spacial score (nSPS) is 12.3. The fourth-order valence-corrected chi connectivity index (χ4v) is 3.35. The van der Waals surface area contributed by atoms with E-state index < -0.39 is 0 Å². The molecular weight excluding hydrogens is 309 g/mol. The maximum atomic E-state index is 15.0. The minimum Gasteiger partial charge on any atom is -0.319 e. The molecule has 0 saturated carbocycles. The third kappa shape index (κ3) is 2.90. The number of anilines is 1. The molecule has 1 heterocycles. The first-order chi connectivity index (χ1) is 11.1. The van der Waals surface area contributed by atoms with E-state index in [-0.39, 0.29) is 11.7 Å². The zero-order chi connectivity index (χ0) is 16.4. The molecule has 0 bridgehead atoms. The molecule has 2 aromatic carbocycles. The molecule has 0 aliphatic heterocycles. The average molecular weight is 329 g/mol. The van der Waals surface area contributed by atoms with Gasteiger partial charge in [0.25, 0.3) is 0 Å². The quantitative estimate of drug-likeness (QED) is 0.601. The lowest BCUT2D eigenvalue weighted by Crippen LogP contribution is -2.18. The molecule has 0 aliphatic carbocycles. The molecule has 3 N–H and O–H groups in total. The van der Waals surface area contributed by atoms with Crippen LogP contribution in [0.3, 0.4) is 0 Å². The van der Waals surface area contributed by atoms with Gasteiger partial charge in [-0.05, 0) is 36.6 Å². The van der Waals surface area contributed by atoms with E-state index in [0.717, 1.165) is 11.3 Å². The Kier molecular flexibility index (Phi) is 4.50. The Morgan fingerprint density at radius 3 is 2.43 bits per heavy atom. The van der Waals surface area contributed by atoms with Crippen molar-refractivity contribution in [1.82, 2.24) is 9.80 Å². The summed E-state index contributed by atoms with van der Waals surface area (Å²) in [5, 5.41) is 2.05. The van der Waals surface area contributed by atoms with Gasteiger partial charge in [-0.25, -0.2) is 9.82 Å². The van der Waals surface area contributed by atoms with Gasteiger partial charge in [-0.2, -0.15) is 0 Å². The van der Waals surface area contributed by atoms with Crippen LogP contribution in [0.4, 0.5) is 10.1 Å². The maximum Gasteiger partial charge on any atom is 0.151 e. The first kappa shape index (κ1) is 15.8. The van der Waals surface area contributed by atoms with Gasteiger partial charge < -0.3 is 9.80 Å². The van der Waals surface area contributed by atoms with Crippen molar-refractivity contribution in [2.24, 2.45) is 0 Å². The molecule has 3 rings (SSSR count). The summed E-state index contributed by atoms with van der Waals surface area (Å²) in [5.74, 6) is -0.359. The van der Waals surface area contributed by atoms with E-state index in [1.165, 1.54) is 22.7 Å². The lowest BCUT2D eigenvalue weighted by molar-refractivity contribution is 0.606. The number of hydrogen-bond donors (Lipinski definition) is 3. The second-order valence-electron chi connectivity index (χ2n) is 5.60. The fourth-order valence-electron chi connectivity index (χ4n) is 2.85. The second-order valence-corrected chi connectivity index (χ2v) is 6.27. The minimum atomic E-state index is -0.229. The Hall–Kier alpha value is -2.11. The Morgan fingerprint density at radius 1 is 1.09 bits per heavy atom. The molecule has 0 aliphatic rings.